The van der Waals surface area contributed by atoms with Gasteiger partial charge in [0.25, 0.3) is 0 Å². The summed E-state index contributed by atoms with van der Waals surface area (Å²) in [5.74, 6) is -0.348. The van der Waals surface area contributed by atoms with Gasteiger partial charge in [0, 0.05) is 18.0 Å². The number of aliphatic hydroxyl groups excluding tert-OH is 1. The van der Waals surface area contributed by atoms with Crippen LogP contribution in [-0.2, 0) is 13.2 Å². The Bertz CT molecular complexity index is 471. The second kappa shape index (κ2) is 5.45. The van der Waals surface area contributed by atoms with Crippen LogP contribution in [0.2, 0.25) is 0 Å². The van der Waals surface area contributed by atoms with Gasteiger partial charge in [-0.15, -0.1) is 0 Å². The Morgan fingerprint density at radius 3 is 2.94 bits per heavy atom. The van der Waals surface area contributed by atoms with Gasteiger partial charge in [-0.3, -0.25) is 4.68 Å². The first-order valence-corrected chi connectivity index (χ1v) is 5.29. The Kier molecular flexibility index (Phi) is 3.72. The zero-order chi connectivity index (χ0) is 12.1. The van der Waals surface area contributed by atoms with Crippen molar-refractivity contribution in [1.82, 2.24) is 9.78 Å². The largest absolute Gasteiger partial charge is 0.488 e. The highest BCUT2D eigenvalue weighted by atomic mass is 19.1. The van der Waals surface area contributed by atoms with E-state index in [0.29, 0.717) is 18.7 Å². The normalized spacial score (nSPS) is 10.5. The van der Waals surface area contributed by atoms with Gasteiger partial charge in [0.1, 0.15) is 6.61 Å². The lowest BCUT2D eigenvalue weighted by atomic mass is 10.2. The van der Waals surface area contributed by atoms with Crippen LogP contribution in [0.3, 0.4) is 0 Å². The van der Waals surface area contributed by atoms with Crippen LogP contribution in [0.15, 0.2) is 36.7 Å². The lowest BCUT2D eigenvalue weighted by Gasteiger charge is -2.10. The Labute approximate surface area is 98.3 Å². The fraction of sp³-hybridized carbons (Fsp3) is 0.250. The number of aliphatic hydroxyl groups is 1. The molecule has 0 atom stereocenters. The molecule has 2 rings (SSSR count). The number of rotatable bonds is 5. The molecule has 0 aliphatic carbocycles. The van der Waals surface area contributed by atoms with E-state index in [-0.39, 0.29) is 12.4 Å². The van der Waals surface area contributed by atoms with Crippen LogP contribution in [0.4, 0.5) is 4.39 Å². The highest BCUT2D eigenvalue weighted by Gasteiger charge is 2.08. The lowest BCUT2D eigenvalue weighted by molar-refractivity contribution is 0.248. The Morgan fingerprint density at radius 1 is 1.35 bits per heavy atom. The van der Waals surface area contributed by atoms with Crippen molar-refractivity contribution in [3.05, 3.63) is 48.0 Å². The van der Waals surface area contributed by atoms with Crippen LogP contribution in [0.5, 0.6) is 5.75 Å². The summed E-state index contributed by atoms with van der Waals surface area (Å²) in [5, 5.41) is 13.1. The summed E-state index contributed by atoms with van der Waals surface area (Å²) in [6, 6.07) is 6.29. The zero-order valence-corrected chi connectivity index (χ0v) is 9.21. The minimum absolute atomic E-state index is 0.113. The second-order valence-corrected chi connectivity index (χ2v) is 3.50. The van der Waals surface area contributed by atoms with Crippen LogP contribution < -0.4 is 4.74 Å². The molecule has 0 radical (unpaired) electrons. The number of nitrogens with zero attached hydrogens (tertiary/aromatic N) is 2. The van der Waals surface area contributed by atoms with Gasteiger partial charge >= 0.3 is 0 Å². The average molecular weight is 236 g/mol. The van der Waals surface area contributed by atoms with Crippen LogP contribution in [0.25, 0.3) is 0 Å². The number of ether oxygens (including phenoxy) is 1. The van der Waals surface area contributed by atoms with E-state index in [9.17, 15) is 4.39 Å². The van der Waals surface area contributed by atoms with Crippen LogP contribution in [-0.4, -0.2) is 21.5 Å². The smallest absolute Gasteiger partial charge is 0.165 e. The highest BCUT2D eigenvalue weighted by Crippen LogP contribution is 2.22. The number of hydrogen-bond donors (Lipinski definition) is 1. The summed E-state index contributed by atoms with van der Waals surface area (Å²) in [7, 11) is 0. The minimum atomic E-state index is -0.461. The number of benzene rings is 1. The highest BCUT2D eigenvalue weighted by molar-refractivity contribution is 5.34. The third-order valence-corrected chi connectivity index (χ3v) is 2.34. The molecule has 0 saturated carbocycles. The molecule has 1 N–H and O–H groups in total. The van der Waals surface area contributed by atoms with Crippen molar-refractivity contribution >= 4 is 0 Å². The van der Waals surface area contributed by atoms with E-state index in [1.807, 2.05) is 6.07 Å². The van der Waals surface area contributed by atoms with Gasteiger partial charge in [0.2, 0.25) is 0 Å². The van der Waals surface area contributed by atoms with Crippen molar-refractivity contribution in [1.29, 1.82) is 0 Å². The van der Waals surface area contributed by atoms with Crippen molar-refractivity contribution in [3.63, 3.8) is 0 Å². The average Bonchev–Trinajstić information content (AvgIpc) is 2.84. The summed E-state index contributed by atoms with van der Waals surface area (Å²) in [4.78, 5) is 0. The summed E-state index contributed by atoms with van der Waals surface area (Å²) in [6.07, 6.45) is 3.47. The predicted molar refractivity (Wildman–Crippen MR) is 60.0 cm³/mol. The molecule has 17 heavy (non-hydrogen) atoms. The van der Waals surface area contributed by atoms with Gasteiger partial charge in [-0.25, -0.2) is 4.39 Å². The molecular formula is C12H13FN2O2. The quantitative estimate of drug-likeness (QED) is 0.857. The molecule has 0 bridgehead atoms. The first-order chi connectivity index (χ1) is 8.31. The van der Waals surface area contributed by atoms with Crippen molar-refractivity contribution in [2.75, 3.05) is 6.61 Å². The van der Waals surface area contributed by atoms with E-state index < -0.39 is 5.82 Å². The van der Waals surface area contributed by atoms with Gasteiger partial charge < -0.3 is 9.84 Å². The molecule has 0 aliphatic rings. The molecule has 0 aliphatic heterocycles. The molecule has 2 aromatic rings. The zero-order valence-electron chi connectivity index (χ0n) is 9.21. The number of hydrogen-bond acceptors (Lipinski definition) is 3. The predicted octanol–water partition coefficient (Wildman–Crippen LogP) is 1.59. The maximum absolute atomic E-state index is 13.4. The second-order valence-electron chi connectivity index (χ2n) is 3.50. The van der Waals surface area contributed by atoms with E-state index >= 15 is 0 Å². The lowest BCUT2D eigenvalue weighted by Crippen LogP contribution is -2.10. The molecule has 1 heterocycles. The van der Waals surface area contributed by atoms with Gasteiger partial charge in [-0.05, 0) is 12.1 Å². The topological polar surface area (TPSA) is 47.3 Å². The molecule has 0 spiro atoms. The molecular weight excluding hydrogens is 223 g/mol. The SMILES string of the molecule is OCc1cccc(F)c1OCCn1cccn1. The summed E-state index contributed by atoms with van der Waals surface area (Å²) < 4.78 is 20.5. The Hall–Kier alpha value is -1.88. The van der Waals surface area contributed by atoms with Crippen molar-refractivity contribution in [2.45, 2.75) is 13.2 Å². The Morgan fingerprint density at radius 2 is 2.24 bits per heavy atom. The third kappa shape index (κ3) is 2.82. The third-order valence-electron chi connectivity index (χ3n) is 2.34. The van der Waals surface area contributed by atoms with Crippen molar-refractivity contribution in [3.8, 4) is 5.75 Å². The molecule has 0 fully saturated rings. The van der Waals surface area contributed by atoms with E-state index in [1.54, 1.807) is 29.2 Å². The molecule has 1 aromatic carbocycles. The maximum Gasteiger partial charge on any atom is 0.165 e. The van der Waals surface area contributed by atoms with Gasteiger partial charge in [0.05, 0.1) is 13.2 Å². The van der Waals surface area contributed by atoms with Crippen molar-refractivity contribution in [2.24, 2.45) is 0 Å². The van der Waals surface area contributed by atoms with Gasteiger partial charge in [-0.1, -0.05) is 12.1 Å². The molecule has 0 unspecified atom stereocenters. The minimum Gasteiger partial charge on any atom is -0.488 e. The molecule has 0 amide bonds. The standard InChI is InChI=1S/C12H13FN2O2/c13-11-4-1-3-10(9-16)12(11)17-8-7-15-6-2-5-14-15/h1-6,16H,7-9H2. The van der Waals surface area contributed by atoms with Gasteiger partial charge in [0.15, 0.2) is 11.6 Å². The van der Waals surface area contributed by atoms with E-state index in [0.717, 1.165) is 0 Å². The van der Waals surface area contributed by atoms with Gasteiger partial charge in [-0.2, -0.15) is 5.10 Å². The molecule has 0 saturated heterocycles. The molecule has 4 nitrogen and oxygen atoms in total. The number of aromatic nitrogens is 2. The number of halogens is 1. The first-order valence-electron chi connectivity index (χ1n) is 5.29. The molecule has 5 heteroatoms. The molecule has 1 aromatic heterocycles. The van der Waals surface area contributed by atoms with Crippen molar-refractivity contribution < 1.29 is 14.2 Å². The summed E-state index contributed by atoms with van der Waals surface area (Å²) >= 11 is 0. The number of para-hydroxylation sites is 1. The van der Waals surface area contributed by atoms with E-state index in [4.69, 9.17) is 9.84 Å². The Balaban J connectivity index is 1.98. The van der Waals surface area contributed by atoms with E-state index in [2.05, 4.69) is 5.10 Å². The maximum atomic E-state index is 13.4. The fourth-order valence-electron chi connectivity index (χ4n) is 1.51. The van der Waals surface area contributed by atoms with Crippen LogP contribution in [0, 0.1) is 5.82 Å². The van der Waals surface area contributed by atoms with Crippen LogP contribution in [0.1, 0.15) is 5.56 Å². The first kappa shape index (κ1) is 11.6. The molecule has 90 valence electrons. The summed E-state index contributed by atoms with van der Waals surface area (Å²) in [5.41, 5.74) is 0.450. The van der Waals surface area contributed by atoms with E-state index in [1.165, 1.54) is 6.07 Å². The fourth-order valence-corrected chi connectivity index (χ4v) is 1.51. The summed E-state index contributed by atoms with van der Waals surface area (Å²) in [6.45, 7) is 0.594. The monoisotopic (exact) mass is 236 g/mol. The van der Waals surface area contributed by atoms with Crippen LogP contribution >= 0.6 is 0 Å².